The number of furan rings is 2. The van der Waals surface area contributed by atoms with Crippen molar-refractivity contribution in [1.82, 2.24) is 10.6 Å². The molecular weight excluding hydrogens is 647 g/mol. The van der Waals surface area contributed by atoms with Gasteiger partial charge in [-0.3, -0.25) is 10.6 Å². The lowest BCUT2D eigenvalue weighted by atomic mass is 9.97. The standard InChI is InChI=1S/C45H33N3O2S/c46-44(48-45(28-10-2-1-3-11-28)47-26-27-20-22-32-30-12-4-6-17-37(30)49-39(32)24-27)29-21-23-40-36(25-29)42-33(14-9-19-41(42)51-40)35-16-8-15-34-31-13-5-7-18-38(31)50-43(34)35/h1-25,44-45,47-48H,26,46H2. The van der Waals surface area contributed by atoms with Crippen molar-refractivity contribution >= 4 is 75.4 Å². The molecule has 0 saturated carbocycles. The monoisotopic (exact) mass is 679 g/mol. The summed E-state index contributed by atoms with van der Waals surface area (Å²) < 4.78 is 15.1. The molecule has 0 bridgehead atoms. The lowest BCUT2D eigenvalue weighted by Crippen LogP contribution is -2.39. The first-order chi connectivity index (χ1) is 25.2. The number of thiophene rings is 1. The van der Waals surface area contributed by atoms with Crippen molar-refractivity contribution in [3.63, 3.8) is 0 Å². The van der Waals surface area contributed by atoms with E-state index >= 15 is 0 Å². The van der Waals surface area contributed by atoms with Crippen molar-refractivity contribution in [2.24, 2.45) is 5.73 Å². The number of hydrogen-bond acceptors (Lipinski definition) is 6. The smallest absolute Gasteiger partial charge is 0.143 e. The Morgan fingerprint density at radius 2 is 1.24 bits per heavy atom. The Labute approximate surface area is 297 Å². The van der Waals surface area contributed by atoms with Gasteiger partial charge in [0.05, 0.1) is 12.3 Å². The van der Waals surface area contributed by atoms with Gasteiger partial charge in [0.25, 0.3) is 0 Å². The molecule has 5 nitrogen and oxygen atoms in total. The van der Waals surface area contributed by atoms with Gasteiger partial charge in [-0.15, -0.1) is 11.3 Å². The maximum atomic E-state index is 7.01. The lowest BCUT2D eigenvalue weighted by Gasteiger charge is -2.25. The first-order valence-electron chi connectivity index (χ1n) is 17.2. The van der Waals surface area contributed by atoms with Gasteiger partial charge in [0, 0.05) is 53.8 Å². The topological polar surface area (TPSA) is 76.4 Å². The molecule has 4 N–H and O–H groups in total. The van der Waals surface area contributed by atoms with E-state index in [0.717, 1.165) is 71.7 Å². The van der Waals surface area contributed by atoms with E-state index in [1.807, 2.05) is 47.7 Å². The Kier molecular flexibility index (Phi) is 7.22. The molecular formula is C45H33N3O2S. The molecule has 2 unspecified atom stereocenters. The highest BCUT2D eigenvalue weighted by atomic mass is 32.1. The molecule has 7 aromatic carbocycles. The van der Waals surface area contributed by atoms with Crippen LogP contribution in [0.1, 0.15) is 29.0 Å². The molecule has 0 fully saturated rings. The van der Waals surface area contributed by atoms with Crippen LogP contribution in [0.3, 0.4) is 0 Å². The molecule has 246 valence electrons. The molecule has 6 heteroatoms. The minimum Gasteiger partial charge on any atom is -0.456 e. The van der Waals surface area contributed by atoms with Crippen LogP contribution in [0.25, 0.3) is 75.2 Å². The third kappa shape index (κ3) is 5.20. The van der Waals surface area contributed by atoms with E-state index in [2.05, 4.69) is 126 Å². The van der Waals surface area contributed by atoms with Crippen LogP contribution in [-0.2, 0) is 6.54 Å². The highest BCUT2D eigenvalue weighted by Gasteiger charge is 2.20. The van der Waals surface area contributed by atoms with Crippen molar-refractivity contribution in [3.05, 3.63) is 168 Å². The third-order valence-corrected chi connectivity index (χ3v) is 11.1. The molecule has 10 aromatic rings. The number of nitrogens with two attached hydrogens (primary N) is 1. The summed E-state index contributed by atoms with van der Waals surface area (Å²) in [5.74, 6) is 0. The summed E-state index contributed by atoms with van der Waals surface area (Å²) in [5.41, 5.74) is 16.1. The van der Waals surface area contributed by atoms with Crippen molar-refractivity contribution in [3.8, 4) is 11.1 Å². The molecule has 0 amide bonds. The second-order valence-electron chi connectivity index (χ2n) is 13.1. The SMILES string of the molecule is NC(NC(NCc1ccc2c(c1)oc1ccccc12)c1ccccc1)c1ccc2sc3cccc(-c4cccc5c4oc4ccccc45)c3c2c1. The Bertz CT molecular complexity index is 2890. The fraction of sp³-hybridized carbons (Fsp3) is 0.0667. The number of benzene rings is 7. The second-order valence-corrected chi connectivity index (χ2v) is 14.2. The molecule has 0 radical (unpaired) electrons. The Morgan fingerprint density at radius 1 is 0.529 bits per heavy atom. The second kappa shape index (κ2) is 12.2. The predicted molar refractivity (Wildman–Crippen MR) is 212 cm³/mol. The fourth-order valence-electron chi connectivity index (χ4n) is 7.52. The fourth-order valence-corrected chi connectivity index (χ4v) is 8.63. The molecule has 0 aliphatic rings. The quantitative estimate of drug-likeness (QED) is 0.139. The van der Waals surface area contributed by atoms with E-state index < -0.39 is 6.17 Å². The van der Waals surface area contributed by atoms with Crippen molar-refractivity contribution < 1.29 is 8.83 Å². The predicted octanol–water partition coefficient (Wildman–Crippen LogP) is 11.6. The van der Waals surface area contributed by atoms with E-state index in [4.69, 9.17) is 14.6 Å². The minimum atomic E-state index is -0.425. The molecule has 3 heterocycles. The zero-order valence-electron chi connectivity index (χ0n) is 27.6. The van der Waals surface area contributed by atoms with Gasteiger partial charge < -0.3 is 14.6 Å². The highest BCUT2D eigenvalue weighted by Crippen LogP contribution is 2.44. The maximum absolute atomic E-state index is 7.01. The molecule has 0 aliphatic carbocycles. The lowest BCUT2D eigenvalue weighted by molar-refractivity contribution is 0.386. The van der Waals surface area contributed by atoms with Crippen LogP contribution < -0.4 is 16.4 Å². The summed E-state index contributed by atoms with van der Waals surface area (Å²) in [6, 6.07) is 52.9. The summed E-state index contributed by atoms with van der Waals surface area (Å²) in [6.45, 7) is 0.636. The number of hydrogen-bond donors (Lipinski definition) is 3. The summed E-state index contributed by atoms with van der Waals surface area (Å²) in [6.07, 6.45) is -0.616. The van der Waals surface area contributed by atoms with E-state index in [0.29, 0.717) is 6.54 Å². The molecule has 0 spiro atoms. The van der Waals surface area contributed by atoms with Gasteiger partial charge in [0.2, 0.25) is 0 Å². The normalized spacial score (nSPS) is 13.3. The molecule has 2 atom stereocenters. The number of fused-ring (bicyclic) bond motifs is 9. The summed E-state index contributed by atoms with van der Waals surface area (Å²) >= 11 is 1.81. The van der Waals surface area contributed by atoms with Crippen LogP contribution in [0.5, 0.6) is 0 Å². The van der Waals surface area contributed by atoms with Gasteiger partial charge in [-0.25, -0.2) is 0 Å². The number of rotatable bonds is 8. The Balaban J connectivity index is 0.989. The first kappa shape index (κ1) is 30.1. The molecule has 3 aromatic heterocycles. The average molecular weight is 680 g/mol. The zero-order chi connectivity index (χ0) is 33.9. The maximum Gasteiger partial charge on any atom is 0.143 e. The van der Waals surface area contributed by atoms with Gasteiger partial charge in [-0.05, 0) is 58.7 Å². The van der Waals surface area contributed by atoms with Crippen molar-refractivity contribution in [2.45, 2.75) is 18.9 Å². The van der Waals surface area contributed by atoms with Crippen molar-refractivity contribution in [1.29, 1.82) is 0 Å². The zero-order valence-corrected chi connectivity index (χ0v) is 28.4. The summed E-state index contributed by atoms with van der Waals surface area (Å²) in [5, 5.41) is 14.4. The third-order valence-electron chi connectivity index (χ3n) is 10.0. The minimum absolute atomic E-state index is 0.191. The van der Waals surface area contributed by atoms with Gasteiger partial charge >= 0.3 is 0 Å². The van der Waals surface area contributed by atoms with E-state index in [1.54, 1.807) is 0 Å². The first-order valence-corrected chi connectivity index (χ1v) is 18.1. The largest absolute Gasteiger partial charge is 0.456 e. The van der Waals surface area contributed by atoms with E-state index in [1.165, 1.54) is 20.2 Å². The molecule has 0 saturated heterocycles. The Hall–Kier alpha value is -5.76. The van der Waals surface area contributed by atoms with E-state index in [-0.39, 0.29) is 6.17 Å². The summed E-state index contributed by atoms with van der Waals surface area (Å²) in [4.78, 5) is 0. The van der Waals surface area contributed by atoms with Crippen LogP contribution >= 0.6 is 11.3 Å². The van der Waals surface area contributed by atoms with Crippen LogP contribution in [0.15, 0.2) is 160 Å². The number of nitrogens with one attached hydrogen (secondary N) is 2. The van der Waals surface area contributed by atoms with E-state index in [9.17, 15) is 0 Å². The highest BCUT2D eigenvalue weighted by molar-refractivity contribution is 7.25. The summed E-state index contributed by atoms with van der Waals surface area (Å²) in [7, 11) is 0. The van der Waals surface area contributed by atoms with Gasteiger partial charge in [0.1, 0.15) is 22.3 Å². The van der Waals surface area contributed by atoms with Gasteiger partial charge in [-0.2, -0.15) is 0 Å². The molecule has 0 aliphatic heterocycles. The average Bonchev–Trinajstić information content (AvgIpc) is 3.87. The van der Waals surface area contributed by atoms with Crippen molar-refractivity contribution in [2.75, 3.05) is 0 Å². The van der Waals surface area contributed by atoms with Crippen LogP contribution in [0.2, 0.25) is 0 Å². The van der Waals surface area contributed by atoms with Crippen LogP contribution in [0.4, 0.5) is 0 Å². The Morgan fingerprint density at radius 3 is 2.10 bits per heavy atom. The molecule has 51 heavy (non-hydrogen) atoms. The van der Waals surface area contributed by atoms with Crippen LogP contribution in [-0.4, -0.2) is 0 Å². The van der Waals surface area contributed by atoms with Crippen LogP contribution in [0, 0.1) is 0 Å². The molecule has 10 rings (SSSR count). The van der Waals surface area contributed by atoms with Gasteiger partial charge in [0.15, 0.2) is 0 Å². The van der Waals surface area contributed by atoms with Gasteiger partial charge in [-0.1, -0.05) is 115 Å². The number of para-hydroxylation sites is 3.